The van der Waals surface area contributed by atoms with Gasteiger partial charge in [0.1, 0.15) is 5.82 Å². The van der Waals surface area contributed by atoms with E-state index < -0.39 is 0 Å². The topological polar surface area (TPSA) is 85.5 Å². The number of rotatable bonds is 6. The quantitative estimate of drug-likeness (QED) is 0.406. The van der Waals surface area contributed by atoms with Gasteiger partial charge in [0.15, 0.2) is 11.5 Å². The fourth-order valence-corrected chi connectivity index (χ4v) is 3.59. The highest BCUT2D eigenvalue weighted by molar-refractivity contribution is 6.32. The minimum Gasteiger partial charge on any atom is -0.493 e. The number of H-pyrrole nitrogens is 1. The van der Waals surface area contributed by atoms with E-state index in [2.05, 4.69) is 15.3 Å². The van der Waals surface area contributed by atoms with Crippen LogP contribution in [0, 0.1) is 6.92 Å². The minimum absolute atomic E-state index is 0.312. The van der Waals surface area contributed by atoms with Gasteiger partial charge in [-0.25, -0.2) is 4.98 Å². The molecular weight excluding hydrogens is 430 g/mol. The summed E-state index contributed by atoms with van der Waals surface area (Å²) < 4.78 is 16.0. The zero-order valence-electron chi connectivity index (χ0n) is 18.1. The Hall–Kier alpha value is -3.71. The fourth-order valence-electron chi connectivity index (χ4n) is 3.44. The molecule has 32 heavy (non-hydrogen) atoms. The highest BCUT2D eigenvalue weighted by Gasteiger charge is 2.17. The van der Waals surface area contributed by atoms with Crippen molar-refractivity contribution in [3.63, 3.8) is 0 Å². The first-order chi connectivity index (χ1) is 15.4. The van der Waals surface area contributed by atoms with Crippen LogP contribution in [0.25, 0.3) is 22.4 Å². The Morgan fingerprint density at radius 1 is 1.00 bits per heavy atom. The summed E-state index contributed by atoms with van der Waals surface area (Å²) in [6.45, 7) is 1.95. The van der Waals surface area contributed by atoms with Crippen LogP contribution in [0.15, 0.2) is 48.5 Å². The molecule has 0 atom stereocenters. The normalized spacial score (nSPS) is 10.8. The number of aromatic nitrogens is 2. The average molecular weight is 452 g/mol. The summed E-state index contributed by atoms with van der Waals surface area (Å²) >= 11 is 6.22. The first-order valence-corrected chi connectivity index (χ1v) is 10.2. The van der Waals surface area contributed by atoms with E-state index in [1.54, 1.807) is 12.1 Å². The van der Waals surface area contributed by atoms with Gasteiger partial charge in [0.2, 0.25) is 5.75 Å². The van der Waals surface area contributed by atoms with Gasteiger partial charge >= 0.3 is 0 Å². The monoisotopic (exact) mass is 451 g/mol. The number of hydrogen-bond donors (Lipinski definition) is 2. The van der Waals surface area contributed by atoms with Crippen molar-refractivity contribution in [1.29, 1.82) is 0 Å². The second-order valence-corrected chi connectivity index (χ2v) is 7.56. The second-order valence-electron chi connectivity index (χ2n) is 7.15. The van der Waals surface area contributed by atoms with Crippen LogP contribution >= 0.6 is 11.6 Å². The Kier molecular flexibility index (Phi) is 5.92. The molecule has 0 radical (unpaired) electrons. The number of halogens is 1. The van der Waals surface area contributed by atoms with Crippen LogP contribution in [0.1, 0.15) is 15.9 Å². The molecule has 0 saturated heterocycles. The molecule has 3 aromatic carbocycles. The van der Waals surface area contributed by atoms with Crippen LogP contribution in [-0.4, -0.2) is 37.2 Å². The highest BCUT2D eigenvalue weighted by Crippen LogP contribution is 2.38. The van der Waals surface area contributed by atoms with E-state index in [4.69, 9.17) is 25.8 Å². The number of aryl methyl sites for hydroxylation is 1. The number of fused-ring (bicyclic) bond motifs is 1. The van der Waals surface area contributed by atoms with Gasteiger partial charge < -0.3 is 24.5 Å². The largest absolute Gasteiger partial charge is 0.493 e. The molecule has 0 spiro atoms. The van der Waals surface area contributed by atoms with Crippen molar-refractivity contribution in [2.24, 2.45) is 0 Å². The smallest absolute Gasteiger partial charge is 0.255 e. The van der Waals surface area contributed by atoms with E-state index >= 15 is 0 Å². The number of carbonyl (C=O) groups is 1. The molecule has 1 amide bonds. The van der Waals surface area contributed by atoms with Gasteiger partial charge in [-0.2, -0.15) is 0 Å². The average Bonchev–Trinajstić information content (AvgIpc) is 3.21. The van der Waals surface area contributed by atoms with Crippen LogP contribution in [0.2, 0.25) is 5.02 Å². The third kappa shape index (κ3) is 4.07. The standard InChI is InChI=1S/C24H22ClN3O4/c1-13-8-18-19(12-17(13)25)28-23(27-18)14-6-5-7-16(9-14)26-24(29)15-10-20(30-2)22(32-4)21(11-15)31-3/h5-12H,1-4H3,(H,26,29)(H,27,28). The van der Waals surface area contributed by atoms with Crippen molar-refractivity contribution in [2.45, 2.75) is 6.92 Å². The number of anilines is 1. The lowest BCUT2D eigenvalue weighted by molar-refractivity contribution is 0.102. The van der Waals surface area contributed by atoms with Crippen molar-refractivity contribution < 1.29 is 19.0 Å². The molecule has 0 aliphatic heterocycles. The molecular formula is C24H22ClN3O4. The van der Waals surface area contributed by atoms with Crippen molar-refractivity contribution >= 4 is 34.2 Å². The van der Waals surface area contributed by atoms with Crippen molar-refractivity contribution in [3.05, 3.63) is 64.7 Å². The number of nitrogens with zero attached hydrogens (tertiary/aromatic N) is 1. The maximum absolute atomic E-state index is 12.9. The first kappa shape index (κ1) is 21.5. The van der Waals surface area contributed by atoms with Gasteiger partial charge in [0.25, 0.3) is 5.91 Å². The molecule has 0 bridgehead atoms. The van der Waals surface area contributed by atoms with Gasteiger partial charge in [0, 0.05) is 21.8 Å². The molecule has 0 saturated carbocycles. The van der Waals surface area contributed by atoms with E-state index in [0.717, 1.165) is 22.2 Å². The van der Waals surface area contributed by atoms with E-state index in [0.29, 0.717) is 39.3 Å². The summed E-state index contributed by atoms with van der Waals surface area (Å²) in [4.78, 5) is 20.8. The van der Waals surface area contributed by atoms with Crippen molar-refractivity contribution in [3.8, 4) is 28.6 Å². The Morgan fingerprint density at radius 2 is 1.72 bits per heavy atom. The van der Waals surface area contributed by atoms with E-state index in [1.807, 2.05) is 43.3 Å². The summed E-state index contributed by atoms with van der Waals surface area (Å²) in [6, 6.07) is 14.4. The number of imidazole rings is 1. The van der Waals surface area contributed by atoms with Crippen molar-refractivity contribution in [2.75, 3.05) is 26.6 Å². The van der Waals surface area contributed by atoms with Crippen LogP contribution < -0.4 is 19.5 Å². The van der Waals surface area contributed by atoms with Crippen molar-refractivity contribution in [1.82, 2.24) is 9.97 Å². The number of carbonyl (C=O) groups excluding carboxylic acids is 1. The van der Waals surface area contributed by atoms with Gasteiger partial charge in [0.05, 0.1) is 32.4 Å². The number of methoxy groups -OCH3 is 3. The molecule has 8 heteroatoms. The molecule has 4 aromatic rings. The lowest BCUT2D eigenvalue weighted by atomic mass is 10.1. The zero-order chi connectivity index (χ0) is 22.8. The number of aromatic amines is 1. The molecule has 164 valence electrons. The van der Waals surface area contributed by atoms with Gasteiger partial charge in [-0.1, -0.05) is 23.7 Å². The second kappa shape index (κ2) is 8.80. The predicted octanol–water partition coefficient (Wildman–Crippen LogP) is 5.47. The van der Waals surface area contributed by atoms with Gasteiger partial charge in [-0.05, 0) is 48.9 Å². The molecule has 1 heterocycles. The Bertz CT molecular complexity index is 1250. The molecule has 4 rings (SSSR count). The lowest BCUT2D eigenvalue weighted by Gasteiger charge is -2.14. The molecule has 0 fully saturated rings. The van der Waals surface area contributed by atoms with Crippen LogP contribution in [0.5, 0.6) is 17.2 Å². The third-order valence-corrected chi connectivity index (χ3v) is 5.49. The molecule has 2 N–H and O–H groups in total. The van der Waals surface area contributed by atoms with E-state index in [1.165, 1.54) is 21.3 Å². The van der Waals surface area contributed by atoms with Gasteiger partial charge in [-0.3, -0.25) is 4.79 Å². The summed E-state index contributed by atoms with van der Waals surface area (Å²) in [5, 5.41) is 3.58. The molecule has 0 aliphatic rings. The highest BCUT2D eigenvalue weighted by atomic mass is 35.5. The Balaban J connectivity index is 1.63. The number of nitrogens with one attached hydrogen (secondary N) is 2. The summed E-state index contributed by atoms with van der Waals surface area (Å²) in [5.74, 6) is 1.61. The Morgan fingerprint density at radius 3 is 2.38 bits per heavy atom. The summed E-state index contributed by atoms with van der Waals surface area (Å²) in [6.07, 6.45) is 0. The molecule has 1 aromatic heterocycles. The van der Waals surface area contributed by atoms with Crippen LogP contribution in [-0.2, 0) is 0 Å². The summed E-state index contributed by atoms with van der Waals surface area (Å²) in [5.41, 5.74) is 4.48. The first-order valence-electron chi connectivity index (χ1n) is 9.81. The Labute approximate surface area is 190 Å². The molecule has 0 unspecified atom stereocenters. The van der Waals surface area contributed by atoms with E-state index in [-0.39, 0.29) is 5.91 Å². The van der Waals surface area contributed by atoms with Gasteiger partial charge in [-0.15, -0.1) is 0 Å². The summed E-state index contributed by atoms with van der Waals surface area (Å²) in [7, 11) is 4.52. The number of benzene rings is 3. The lowest BCUT2D eigenvalue weighted by Crippen LogP contribution is -2.12. The number of ether oxygens (including phenoxy) is 3. The SMILES string of the molecule is COc1cc(C(=O)Nc2cccc(-c3nc4cc(Cl)c(C)cc4[nH]3)c2)cc(OC)c1OC. The number of hydrogen-bond acceptors (Lipinski definition) is 5. The number of amides is 1. The zero-order valence-corrected chi connectivity index (χ0v) is 18.8. The predicted molar refractivity (Wildman–Crippen MR) is 125 cm³/mol. The van der Waals surface area contributed by atoms with Crippen LogP contribution in [0.4, 0.5) is 5.69 Å². The maximum atomic E-state index is 12.9. The minimum atomic E-state index is -0.312. The maximum Gasteiger partial charge on any atom is 0.255 e. The van der Waals surface area contributed by atoms with Crippen LogP contribution in [0.3, 0.4) is 0 Å². The molecule has 0 aliphatic carbocycles. The molecule has 7 nitrogen and oxygen atoms in total. The fraction of sp³-hybridized carbons (Fsp3) is 0.167. The van der Waals surface area contributed by atoms with E-state index in [9.17, 15) is 4.79 Å². The third-order valence-electron chi connectivity index (χ3n) is 5.08.